The molecule has 17 heavy (non-hydrogen) atoms. The van der Waals surface area contributed by atoms with E-state index in [-0.39, 0.29) is 11.3 Å². The van der Waals surface area contributed by atoms with E-state index in [1.54, 1.807) is 0 Å². The van der Waals surface area contributed by atoms with Crippen molar-refractivity contribution in [3.05, 3.63) is 34.3 Å². The Kier molecular flexibility index (Phi) is 4.57. The van der Waals surface area contributed by atoms with Gasteiger partial charge in [0.05, 0.1) is 0 Å². The number of hydrogen-bond acceptors (Lipinski definition) is 2. The largest absolute Gasteiger partial charge is 0.449 e. The maximum Gasteiger partial charge on any atom is 0.404 e. The Morgan fingerprint density at radius 3 is 2.29 bits per heavy atom. The Hall–Kier alpha value is -1.03. The van der Waals surface area contributed by atoms with Gasteiger partial charge < -0.3 is 10.5 Å². The second kappa shape index (κ2) is 5.54. The van der Waals surface area contributed by atoms with Gasteiger partial charge in [-0.1, -0.05) is 48.8 Å². The van der Waals surface area contributed by atoms with Crippen LogP contribution in [0.25, 0.3) is 0 Å². The number of halogens is 1. The SMILES string of the molecule is CC(C)(C)C(COC(N)=O)c1ccc(Br)cc1. The molecule has 2 N–H and O–H groups in total. The Morgan fingerprint density at radius 2 is 1.88 bits per heavy atom. The first-order chi connectivity index (χ1) is 7.80. The molecule has 0 fully saturated rings. The van der Waals surface area contributed by atoms with Crippen molar-refractivity contribution in [1.82, 2.24) is 0 Å². The lowest BCUT2D eigenvalue weighted by molar-refractivity contribution is 0.126. The van der Waals surface area contributed by atoms with E-state index in [1.165, 1.54) is 0 Å². The van der Waals surface area contributed by atoms with E-state index in [2.05, 4.69) is 36.7 Å². The lowest BCUT2D eigenvalue weighted by atomic mass is 9.77. The van der Waals surface area contributed by atoms with Crippen molar-refractivity contribution < 1.29 is 9.53 Å². The van der Waals surface area contributed by atoms with Gasteiger partial charge in [0.15, 0.2) is 0 Å². The average molecular weight is 300 g/mol. The van der Waals surface area contributed by atoms with Crippen LogP contribution in [0.3, 0.4) is 0 Å². The normalized spacial score (nSPS) is 13.2. The molecule has 1 amide bonds. The van der Waals surface area contributed by atoms with Crippen LogP contribution in [0.15, 0.2) is 28.7 Å². The summed E-state index contributed by atoms with van der Waals surface area (Å²) in [6.45, 7) is 6.65. The zero-order valence-electron chi connectivity index (χ0n) is 10.4. The Labute approximate surface area is 110 Å². The van der Waals surface area contributed by atoms with Gasteiger partial charge in [-0.25, -0.2) is 4.79 Å². The molecule has 0 aliphatic heterocycles. The van der Waals surface area contributed by atoms with Crippen molar-refractivity contribution in [3.63, 3.8) is 0 Å². The highest BCUT2D eigenvalue weighted by atomic mass is 79.9. The Balaban J connectivity index is 2.90. The second-order valence-electron chi connectivity index (χ2n) is 5.10. The lowest BCUT2D eigenvalue weighted by Gasteiger charge is -2.30. The van der Waals surface area contributed by atoms with Gasteiger partial charge >= 0.3 is 6.09 Å². The number of amides is 1. The fraction of sp³-hybridized carbons (Fsp3) is 0.462. The standard InChI is InChI=1S/C13H18BrNO2/c1-13(2,3)11(8-17-12(15)16)9-4-6-10(14)7-5-9/h4-7,11H,8H2,1-3H3,(H2,15,16). The smallest absolute Gasteiger partial charge is 0.404 e. The first kappa shape index (κ1) is 14.0. The van der Waals surface area contributed by atoms with E-state index in [0.717, 1.165) is 10.0 Å². The fourth-order valence-electron chi connectivity index (χ4n) is 1.71. The Bertz CT molecular complexity index is 381. The molecule has 0 aliphatic carbocycles. The number of ether oxygens (including phenoxy) is 1. The molecule has 0 aromatic heterocycles. The third-order valence-corrected chi connectivity index (χ3v) is 3.24. The summed E-state index contributed by atoms with van der Waals surface area (Å²) in [6, 6.07) is 8.03. The van der Waals surface area contributed by atoms with Gasteiger partial charge in [-0.05, 0) is 23.1 Å². The second-order valence-corrected chi connectivity index (χ2v) is 6.02. The molecule has 1 rings (SSSR count). The molecule has 3 nitrogen and oxygen atoms in total. The molecule has 0 spiro atoms. The number of rotatable bonds is 3. The van der Waals surface area contributed by atoms with Crippen molar-refractivity contribution in [1.29, 1.82) is 0 Å². The minimum atomic E-state index is -0.726. The van der Waals surface area contributed by atoms with Crippen molar-refractivity contribution in [3.8, 4) is 0 Å². The van der Waals surface area contributed by atoms with Crippen LogP contribution in [0.2, 0.25) is 0 Å². The summed E-state index contributed by atoms with van der Waals surface area (Å²) in [5, 5.41) is 0. The summed E-state index contributed by atoms with van der Waals surface area (Å²) in [4.78, 5) is 10.7. The highest BCUT2D eigenvalue weighted by Gasteiger charge is 2.27. The van der Waals surface area contributed by atoms with Crippen LogP contribution in [-0.4, -0.2) is 12.7 Å². The number of carbonyl (C=O) groups excluding carboxylic acids is 1. The molecule has 1 atom stereocenters. The van der Waals surface area contributed by atoms with Gasteiger partial charge in [0.25, 0.3) is 0 Å². The quantitative estimate of drug-likeness (QED) is 0.926. The summed E-state index contributed by atoms with van der Waals surface area (Å²) < 4.78 is 5.97. The molecular formula is C13H18BrNO2. The van der Waals surface area contributed by atoms with Gasteiger partial charge in [0, 0.05) is 10.4 Å². The first-order valence-electron chi connectivity index (χ1n) is 5.48. The molecule has 0 saturated carbocycles. The van der Waals surface area contributed by atoms with E-state index >= 15 is 0 Å². The summed E-state index contributed by atoms with van der Waals surface area (Å²) in [5.41, 5.74) is 6.16. The van der Waals surface area contributed by atoms with Crippen LogP contribution < -0.4 is 5.73 Å². The third kappa shape index (κ3) is 4.38. The van der Waals surface area contributed by atoms with Crippen LogP contribution in [0.5, 0.6) is 0 Å². The van der Waals surface area contributed by atoms with Gasteiger partial charge in [0.1, 0.15) is 6.61 Å². The van der Waals surface area contributed by atoms with E-state index in [4.69, 9.17) is 10.5 Å². The summed E-state index contributed by atoms with van der Waals surface area (Å²) in [5.74, 6) is 0.128. The number of primary amides is 1. The van der Waals surface area contributed by atoms with Crippen molar-refractivity contribution in [2.24, 2.45) is 11.1 Å². The molecule has 4 heteroatoms. The minimum Gasteiger partial charge on any atom is -0.449 e. The van der Waals surface area contributed by atoms with Gasteiger partial charge in [-0.3, -0.25) is 0 Å². The molecule has 0 radical (unpaired) electrons. The van der Waals surface area contributed by atoms with Crippen LogP contribution in [-0.2, 0) is 4.74 Å². The predicted octanol–water partition coefficient (Wildman–Crippen LogP) is 3.67. The van der Waals surface area contributed by atoms with Crippen molar-refractivity contribution in [2.75, 3.05) is 6.61 Å². The number of carbonyl (C=O) groups is 1. The Morgan fingerprint density at radius 1 is 1.35 bits per heavy atom. The summed E-state index contributed by atoms with van der Waals surface area (Å²) in [7, 11) is 0. The van der Waals surface area contributed by atoms with Crippen LogP contribution in [0, 0.1) is 5.41 Å². The highest BCUT2D eigenvalue weighted by Crippen LogP contribution is 2.35. The number of nitrogens with two attached hydrogens (primary N) is 1. The van der Waals surface area contributed by atoms with Crippen LogP contribution in [0.4, 0.5) is 4.79 Å². The average Bonchev–Trinajstić information content (AvgIpc) is 2.18. The predicted molar refractivity (Wildman–Crippen MR) is 71.9 cm³/mol. The van der Waals surface area contributed by atoms with Crippen molar-refractivity contribution in [2.45, 2.75) is 26.7 Å². The zero-order chi connectivity index (χ0) is 13.1. The van der Waals surface area contributed by atoms with Gasteiger partial charge in [-0.15, -0.1) is 0 Å². The zero-order valence-corrected chi connectivity index (χ0v) is 12.0. The van der Waals surface area contributed by atoms with E-state index in [1.807, 2.05) is 24.3 Å². The summed E-state index contributed by atoms with van der Waals surface area (Å²) >= 11 is 3.40. The third-order valence-electron chi connectivity index (χ3n) is 2.71. The van der Waals surface area contributed by atoms with E-state index in [9.17, 15) is 4.79 Å². The molecule has 0 aliphatic rings. The van der Waals surface area contributed by atoms with E-state index < -0.39 is 6.09 Å². The number of benzene rings is 1. The maximum absolute atomic E-state index is 10.7. The molecular weight excluding hydrogens is 282 g/mol. The molecule has 1 aromatic carbocycles. The summed E-state index contributed by atoms with van der Waals surface area (Å²) in [6.07, 6.45) is -0.726. The van der Waals surface area contributed by atoms with Crippen LogP contribution in [0.1, 0.15) is 32.3 Å². The first-order valence-corrected chi connectivity index (χ1v) is 6.27. The minimum absolute atomic E-state index is 0.00325. The molecule has 0 heterocycles. The topological polar surface area (TPSA) is 52.3 Å². The fourth-order valence-corrected chi connectivity index (χ4v) is 1.97. The van der Waals surface area contributed by atoms with E-state index in [0.29, 0.717) is 6.61 Å². The van der Waals surface area contributed by atoms with Gasteiger partial charge in [0.2, 0.25) is 0 Å². The van der Waals surface area contributed by atoms with Crippen molar-refractivity contribution >= 4 is 22.0 Å². The number of hydrogen-bond donors (Lipinski definition) is 1. The molecule has 94 valence electrons. The highest BCUT2D eigenvalue weighted by molar-refractivity contribution is 9.10. The lowest BCUT2D eigenvalue weighted by Crippen LogP contribution is -2.26. The van der Waals surface area contributed by atoms with Crippen LogP contribution >= 0.6 is 15.9 Å². The molecule has 1 aromatic rings. The monoisotopic (exact) mass is 299 g/mol. The maximum atomic E-state index is 10.7. The molecule has 0 saturated heterocycles. The van der Waals surface area contributed by atoms with Gasteiger partial charge in [-0.2, -0.15) is 0 Å². The molecule has 0 bridgehead atoms. The molecule has 1 unspecified atom stereocenters.